The number of halogens is 2. The van der Waals surface area contributed by atoms with Gasteiger partial charge in [0.05, 0.1) is 23.4 Å². The summed E-state index contributed by atoms with van der Waals surface area (Å²) in [6.45, 7) is 1.72. The third-order valence-electron chi connectivity index (χ3n) is 2.99. The summed E-state index contributed by atoms with van der Waals surface area (Å²) in [6.07, 6.45) is 0. The van der Waals surface area contributed by atoms with Crippen molar-refractivity contribution in [2.24, 2.45) is 0 Å². The fraction of sp³-hybridized carbons (Fsp3) is 0.200. The van der Waals surface area contributed by atoms with E-state index >= 15 is 0 Å². The summed E-state index contributed by atoms with van der Waals surface area (Å²) >= 11 is 6.07. The summed E-state index contributed by atoms with van der Waals surface area (Å²) in [7, 11) is 0. The highest BCUT2D eigenvalue weighted by Crippen LogP contribution is 2.27. The largest absolute Gasteiger partial charge is 0.394 e. The molecule has 100 valence electrons. The molecule has 0 radical (unpaired) electrons. The van der Waals surface area contributed by atoms with Gasteiger partial charge in [-0.1, -0.05) is 29.8 Å². The molecule has 0 spiro atoms. The average molecular weight is 280 g/mol. The zero-order valence-electron chi connectivity index (χ0n) is 10.5. The Bertz CT molecular complexity index is 574. The van der Waals surface area contributed by atoms with Gasteiger partial charge in [0.1, 0.15) is 5.82 Å². The normalized spacial score (nSPS) is 12.2. The summed E-state index contributed by atoms with van der Waals surface area (Å²) in [5, 5.41) is 13.3. The summed E-state index contributed by atoms with van der Waals surface area (Å²) in [5.74, 6) is -0.282. The van der Waals surface area contributed by atoms with Gasteiger partial charge >= 0.3 is 0 Å². The van der Waals surface area contributed by atoms with Crippen LogP contribution in [0.3, 0.4) is 0 Å². The van der Waals surface area contributed by atoms with Gasteiger partial charge in [-0.3, -0.25) is 0 Å². The first-order valence-electron chi connectivity index (χ1n) is 6.00. The van der Waals surface area contributed by atoms with Gasteiger partial charge in [0.15, 0.2) is 0 Å². The summed E-state index contributed by atoms with van der Waals surface area (Å²) < 4.78 is 13.1. The maximum Gasteiger partial charge on any atom is 0.123 e. The van der Waals surface area contributed by atoms with Gasteiger partial charge in [-0.25, -0.2) is 4.39 Å². The molecule has 2 aromatic carbocycles. The van der Waals surface area contributed by atoms with Gasteiger partial charge in [-0.2, -0.15) is 0 Å². The Hall–Kier alpha value is -1.58. The number of aryl methyl sites for hydroxylation is 1. The van der Waals surface area contributed by atoms with Crippen LogP contribution in [0.5, 0.6) is 0 Å². The molecule has 0 aliphatic rings. The topological polar surface area (TPSA) is 32.3 Å². The number of hydrogen-bond acceptors (Lipinski definition) is 2. The number of aliphatic hydroxyl groups excluding tert-OH is 1. The van der Waals surface area contributed by atoms with Crippen molar-refractivity contribution in [3.05, 3.63) is 64.4 Å². The van der Waals surface area contributed by atoms with Crippen LogP contribution in [-0.2, 0) is 0 Å². The van der Waals surface area contributed by atoms with E-state index in [9.17, 15) is 9.50 Å². The molecule has 0 amide bonds. The molecule has 0 saturated carbocycles. The monoisotopic (exact) mass is 279 g/mol. The van der Waals surface area contributed by atoms with Crippen LogP contribution in [0, 0.1) is 12.7 Å². The molecular weight excluding hydrogens is 265 g/mol. The maximum absolute atomic E-state index is 13.1. The van der Waals surface area contributed by atoms with Gasteiger partial charge in [-0.15, -0.1) is 0 Å². The molecule has 0 aromatic heterocycles. The number of aliphatic hydroxyl groups is 1. The first-order valence-corrected chi connectivity index (χ1v) is 6.37. The van der Waals surface area contributed by atoms with E-state index in [0.717, 1.165) is 16.8 Å². The van der Waals surface area contributed by atoms with E-state index < -0.39 is 0 Å². The lowest BCUT2D eigenvalue weighted by Gasteiger charge is -2.20. The van der Waals surface area contributed by atoms with E-state index in [1.807, 2.05) is 25.1 Å². The van der Waals surface area contributed by atoms with Crippen molar-refractivity contribution in [3.63, 3.8) is 0 Å². The molecule has 19 heavy (non-hydrogen) atoms. The van der Waals surface area contributed by atoms with Gasteiger partial charge in [-0.05, 0) is 42.3 Å². The lowest BCUT2D eigenvalue weighted by atomic mass is 10.0. The van der Waals surface area contributed by atoms with Crippen LogP contribution in [-0.4, -0.2) is 11.7 Å². The predicted molar refractivity (Wildman–Crippen MR) is 76.0 cm³/mol. The van der Waals surface area contributed by atoms with E-state index in [1.54, 1.807) is 12.1 Å². The molecular formula is C15H15ClFNO. The van der Waals surface area contributed by atoms with Crippen molar-refractivity contribution < 1.29 is 9.50 Å². The fourth-order valence-electron chi connectivity index (χ4n) is 2.02. The molecule has 0 heterocycles. The summed E-state index contributed by atoms with van der Waals surface area (Å²) in [4.78, 5) is 0. The molecule has 2 N–H and O–H groups in total. The minimum absolute atomic E-state index is 0.0995. The summed E-state index contributed by atoms with van der Waals surface area (Å²) in [6, 6.07) is 11.5. The van der Waals surface area contributed by atoms with E-state index in [-0.39, 0.29) is 18.5 Å². The predicted octanol–water partition coefficient (Wildman–Crippen LogP) is 3.93. The Morgan fingerprint density at radius 1 is 1.26 bits per heavy atom. The second-order valence-corrected chi connectivity index (χ2v) is 4.77. The molecule has 2 rings (SSSR count). The molecule has 0 aliphatic carbocycles. The molecule has 0 aliphatic heterocycles. The first kappa shape index (κ1) is 13.8. The quantitative estimate of drug-likeness (QED) is 0.889. The average Bonchev–Trinajstić information content (AvgIpc) is 2.39. The molecule has 0 saturated heterocycles. The third kappa shape index (κ3) is 3.25. The number of para-hydroxylation sites is 1. The lowest BCUT2D eigenvalue weighted by molar-refractivity contribution is 0.276. The molecule has 0 fully saturated rings. The molecule has 1 unspecified atom stereocenters. The second kappa shape index (κ2) is 6.04. The zero-order chi connectivity index (χ0) is 13.8. The Kier molecular flexibility index (Phi) is 4.40. The number of benzene rings is 2. The van der Waals surface area contributed by atoms with Gasteiger partial charge < -0.3 is 10.4 Å². The van der Waals surface area contributed by atoms with Crippen LogP contribution in [0.4, 0.5) is 10.1 Å². The fourth-order valence-corrected chi connectivity index (χ4v) is 2.21. The van der Waals surface area contributed by atoms with Crippen molar-refractivity contribution in [1.82, 2.24) is 0 Å². The number of nitrogens with one attached hydrogen (secondary N) is 1. The van der Waals surface area contributed by atoms with Crippen LogP contribution in [0.2, 0.25) is 5.02 Å². The number of hydrogen-bond donors (Lipinski definition) is 2. The van der Waals surface area contributed by atoms with Gasteiger partial charge in [0, 0.05) is 0 Å². The highest BCUT2D eigenvalue weighted by Gasteiger charge is 2.14. The van der Waals surface area contributed by atoms with Crippen LogP contribution in [0.1, 0.15) is 17.2 Å². The van der Waals surface area contributed by atoms with Crippen molar-refractivity contribution in [3.8, 4) is 0 Å². The second-order valence-electron chi connectivity index (χ2n) is 4.36. The van der Waals surface area contributed by atoms with E-state index in [0.29, 0.717) is 5.02 Å². The molecule has 2 nitrogen and oxygen atoms in total. The van der Waals surface area contributed by atoms with E-state index in [1.165, 1.54) is 12.1 Å². The standard InChI is InChI=1S/C15H15ClFNO/c1-10-8-11(17)6-7-12(10)15(9-19)18-14-5-3-2-4-13(14)16/h2-8,15,18-19H,9H2,1H3. The SMILES string of the molecule is Cc1cc(F)ccc1C(CO)Nc1ccccc1Cl. The van der Waals surface area contributed by atoms with Crippen molar-refractivity contribution in [2.75, 3.05) is 11.9 Å². The van der Waals surface area contributed by atoms with Crippen LogP contribution < -0.4 is 5.32 Å². The van der Waals surface area contributed by atoms with Crippen molar-refractivity contribution in [2.45, 2.75) is 13.0 Å². The Labute approximate surface area is 116 Å². The minimum atomic E-state index is -0.319. The zero-order valence-corrected chi connectivity index (χ0v) is 11.3. The number of anilines is 1. The van der Waals surface area contributed by atoms with Crippen molar-refractivity contribution >= 4 is 17.3 Å². The van der Waals surface area contributed by atoms with Crippen LogP contribution >= 0.6 is 11.6 Å². The highest BCUT2D eigenvalue weighted by atomic mass is 35.5. The number of rotatable bonds is 4. The minimum Gasteiger partial charge on any atom is -0.394 e. The van der Waals surface area contributed by atoms with E-state index in [2.05, 4.69) is 5.32 Å². The summed E-state index contributed by atoms with van der Waals surface area (Å²) in [5.41, 5.74) is 2.38. The lowest BCUT2D eigenvalue weighted by Crippen LogP contribution is -2.16. The van der Waals surface area contributed by atoms with Gasteiger partial charge in [0.2, 0.25) is 0 Å². The molecule has 4 heteroatoms. The first-order chi connectivity index (χ1) is 9.11. The van der Waals surface area contributed by atoms with Crippen LogP contribution in [0.25, 0.3) is 0 Å². The van der Waals surface area contributed by atoms with E-state index in [4.69, 9.17) is 11.6 Å². The highest BCUT2D eigenvalue weighted by molar-refractivity contribution is 6.33. The smallest absolute Gasteiger partial charge is 0.123 e. The van der Waals surface area contributed by atoms with Gasteiger partial charge in [0.25, 0.3) is 0 Å². The molecule has 0 bridgehead atoms. The Morgan fingerprint density at radius 3 is 2.63 bits per heavy atom. The van der Waals surface area contributed by atoms with Crippen molar-refractivity contribution in [1.29, 1.82) is 0 Å². The Balaban J connectivity index is 2.28. The third-order valence-corrected chi connectivity index (χ3v) is 3.32. The van der Waals surface area contributed by atoms with Crippen LogP contribution in [0.15, 0.2) is 42.5 Å². The Morgan fingerprint density at radius 2 is 2.00 bits per heavy atom. The maximum atomic E-state index is 13.1. The molecule has 1 atom stereocenters. The molecule has 2 aromatic rings.